The Labute approximate surface area is 255 Å². The predicted octanol–water partition coefficient (Wildman–Crippen LogP) is 9.92. The van der Waals surface area contributed by atoms with Crippen LogP contribution in [0.25, 0.3) is 43.5 Å². The van der Waals surface area contributed by atoms with Crippen molar-refractivity contribution in [2.24, 2.45) is 0 Å². The molecule has 0 heterocycles. The summed E-state index contributed by atoms with van der Waals surface area (Å²) in [5.74, 6) is -2.53. The minimum absolute atomic E-state index is 0.109. The van der Waals surface area contributed by atoms with Gasteiger partial charge in [0.2, 0.25) is 0 Å². The van der Waals surface area contributed by atoms with Crippen LogP contribution in [-0.2, 0) is 5.41 Å². The molecular formula is C40H32O4. The standard InChI is InChI=1S/C40H32O4/c1-22-32-21-26(40(2,3)4)20-25-12-9-15-29(34(25)32)35(31-19-17-24-11-6-8-14-28(24)37(31)39(43)44)33(22)30-18-16-23-10-5-7-13-27(23)36(30)38(41)42/h5-21,35H,1-4H3,(H,41,42)(H,43,44). The zero-order chi connectivity index (χ0) is 30.9. The summed E-state index contributed by atoms with van der Waals surface area (Å²) in [5, 5.41) is 26.6. The summed E-state index contributed by atoms with van der Waals surface area (Å²) in [6.07, 6.45) is 0. The second kappa shape index (κ2) is 9.92. The Bertz CT molecular complexity index is 2230. The minimum Gasteiger partial charge on any atom is -0.478 e. The van der Waals surface area contributed by atoms with E-state index >= 15 is 0 Å². The number of aromatic carboxylic acids is 2. The quantitative estimate of drug-likeness (QED) is 0.219. The highest BCUT2D eigenvalue weighted by Crippen LogP contribution is 2.53. The first kappa shape index (κ1) is 27.6. The van der Waals surface area contributed by atoms with E-state index in [4.69, 9.17) is 0 Å². The number of carbonyl (C=O) groups is 2. The normalized spacial score (nSPS) is 14.9. The van der Waals surface area contributed by atoms with Crippen molar-refractivity contribution >= 4 is 55.4 Å². The smallest absolute Gasteiger partial charge is 0.336 e. The fourth-order valence-corrected chi connectivity index (χ4v) is 7.12. The third-order valence-corrected chi connectivity index (χ3v) is 9.20. The number of carboxylic acid groups (broad SMARTS) is 2. The first-order valence-corrected chi connectivity index (χ1v) is 14.8. The van der Waals surface area contributed by atoms with E-state index in [1.807, 2.05) is 78.9 Å². The van der Waals surface area contributed by atoms with E-state index in [1.54, 1.807) is 0 Å². The zero-order valence-electron chi connectivity index (χ0n) is 25.1. The van der Waals surface area contributed by atoms with E-state index in [0.29, 0.717) is 21.9 Å². The number of hydrogen-bond acceptors (Lipinski definition) is 2. The Morgan fingerprint density at radius 3 is 1.84 bits per heavy atom. The Balaban J connectivity index is 1.67. The van der Waals surface area contributed by atoms with Gasteiger partial charge >= 0.3 is 11.9 Å². The Morgan fingerprint density at radius 1 is 0.614 bits per heavy atom. The van der Waals surface area contributed by atoms with Crippen molar-refractivity contribution in [3.05, 3.63) is 142 Å². The van der Waals surface area contributed by atoms with Crippen molar-refractivity contribution in [1.29, 1.82) is 0 Å². The van der Waals surface area contributed by atoms with Crippen molar-refractivity contribution < 1.29 is 19.8 Å². The van der Waals surface area contributed by atoms with Crippen LogP contribution in [0.3, 0.4) is 0 Å². The van der Waals surface area contributed by atoms with E-state index in [0.717, 1.165) is 43.8 Å². The maximum atomic E-state index is 13.1. The van der Waals surface area contributed by atoms with Crippen molar-refractivity contribution in [3.8, 4) is 0 Å². The third-order valence-electron chi connectivity index (χ3n) is 9.20. The number of allylic oxidation sites excluding steroid dienone is 2. The fourth-order valence-electron chi connectivity index (χ4n) is 7.12. The SMILES string of the molecule is CC1=C(c2ccc3ccccc3c2C(=O)O)C(c2ccc3ccccc3c2C(=O)O)c2cccc3cc(C(C)(C)C)cc1c23. The molecule has 44 heavy (non-hydrogen) atoms. The number of rotatable bonds is 4. The number of hydrogen-bond donors (Lipinski definition) is 2. The van der Waals surface area contributed by atoms with Gasteiger partial charge in [-0.2, -0.15) is 0 Å². The summed E-state index contributed by atoms with van der Waals surface area (Å²) in [7, 11) is 0. The Hall–Kier alpha value is -5.22. The maximum Gasteiger partial charge on any atom is 0.336 e. The first-order valence-electron chi connectivity index (χ1n) is 14.8. The Kier molecular flexibility index (Phi) is 6.22. The maximum absolute atomic E-state index is 13.1. The van der Waals surface area contributed by atoms with Crippen LogP contribution in [0.2, 0.25) is 0 Å². The first-order chi connectivity index (χ1) is 21.1. The van der Waals surface area contributed by atoms with Crippen molar-refractivity contribution in [2.75, 3.05) is 0 Å². The largest absolute Gasteiger partial charge is 0.478 e. The van der Waals surface area contributed by atoms with Gasteiger partial charge in [-0.15, -0.1) is 0 Å². The molecule has 2 N–H and O–H groups in total. The van der Waals surface area contributed by atoms with Gasteiger partial charge in [0.25, 0.3) is 0 Å². The van der Waals surface area contributed by atoms with Crippen LogP contribution in [0.1, 0.15) is 82.1 Å². The minimum atomic E-state index is -1.01. The topological polar surface area (TPSA) is 74.6 Å². The molecule has 4 nitrogen and oxygen atoms in total. The fraction of sp³-hybridized carbons (Fsp3) is 0.150. The van der Waals surface area contributed by atoms with Crippen LogP contribution >= 0.6 is 0 Å². The van der Waals surface area contributed by atoms with E-state index in [-0.39, 0.29) is 16.5 Å². The molecule has 0 fully saturated rings. The van der Waals surface area contributed by atoms with Crippen LogP contribution in [0.5, 0.6) is 0 Å². The highest BCUT2D eigenvalue weighted by molar-refractivity contribution is 6.16. The molecule has 7 rings (SSSR count). The molecule has 0 bridgehead atoms. The molecule has 1 aliphatic rings. The van der Waals surface area contributed by atoms with Crippen LogP contribution in [0.15, 0.2) is 103 Å². The van der Waals surface area contributed by atoms with Crippen LogP contribution < -0.4 is 0 Å². The lowest BCUT2D eigenvalue weighted by Crippen LogP contribution is -2.18. The monoisotopic (exact) mass is 576 g/mol. The van der Waals surface area contributed by atoms with Gasteiger partial charge in [0, 0.05) is 5.92 Å². The lowest BCUT2D eigenvalue weighted by atomic mass is 9.69. The van der Waals surface area contributed by atoms with Crippen molar-refractivity contribution in [2.45, 2.75) is 39.0 Å². The summed E-state index contributed by atoms with van der Waals surface area (Å²) >= 11 is 0. The molecule has 0 aliphatic heterocycles. The van der Waals surface area contributed by atoms with Crippen LogP contribution in [-0.4, -0.2) is 22.2 Å². The highest BCUT2D eigenvalue weighted by atomic mass is 16.4. The van der Waals surface area contributed by atoms with Crippen molar-refractivity contribution in [1.82, 2.24) is 0 Å². The molecule has 0 radical (unpaired) electrons. The molecule has 4 heteroatoms. The third kappa shape index (κ3) is 4.13. The molecule has 0 amide bonds. The summed E-state index contributed by atoms with van der Waals surface area (Å²) in [6.45, 7) is 8.63. The van der Waals surface area contributed by atoms with Gasteiger partial charge in [0.05, 0.1) is 11.1 Å². The summed E-state index contributed by atoms with van der Waals surface area (Å²) in [5.41, 5.74) is 6.58. The summed E-state index contributed by atoms with van der Waals surface area (Å²) in [4.78, 5) is 26.2. The molecular weight excluding hydrogens is 544 g/mol. The highest BCUT2D eigenvalue weighted by Gasteiger charge is 2.35. The molecule has 0 aromatic heterocycles. The van der Waals surface area contributed by atoms with Crippen LogP contribution in [0.4, 0.5) is 0 Å². The Morgan fingerprint density at radius 2 is 1.20 bits per heavy atom. The number of carboxylic acids is 2. The zero-order valence-corrected chi connectivity index (χ0v) is 25.1. The molecule has 0 saturated carbocycles. The van der Waals surface area contributed by atoms with Gasteiger partial charge in [-0.25, -0.2) is 9.59 Å². The molecule has 6 aromatic rings. The second-order valence-corrected chi connectivity index (χ2v) is 12.8. The van der Waals surface area contributed by atoms with Gasteiger partial charge in [-0.1, -0.05) is 124 Å². The van der Waals surface area contributed by atoms with Crippen LogP contribution in [0, 0.1) is 0 Å². The second-order valence-electron chi connectivity index (χ2n) is 12.8. The molecule has 1 aliphatic carbocycles. The molecule has 1 unspecified atom stereocenters. The predicted molar refractivity (Wildman–Crippen MR) is 179 cm³/mol. The van der Waals surface area contributed by atoms with E-state index < -0.39 is 17.9 Å². The van der Waals surface area contributed by atoms with Gasteiger partial charge < -0.3 is 10.2 Å². The summed E-state index contributed by atoms with van der Waals surface area (Å²) in [6, 6.07) is 33.5. The lowest BCUT2D eigenvalue weighted by Gasteiger charge is -2.34. The number of fused-ring (bicyclic) bond motifs is 2. The van der Waals surface area contributed by atoms with Crippen molar-refractivity contribution in [3.63, 3.8) is 0 Å². The average Bonchev–Trinajstić information content (AvgIpc) is 3.00. The van der Waals surface area contributed by atoms with Gasteiger partial charge in [0.15, 0.2) is 0 Å². The summed E-state index contributed by atoms with van der Waals surface area (Å²) < 4.78 is 0. The molecule has 0 spiro atoms. The average molecular weight is 577 g/mol. The molecule has 6 aromatic carbocycles. The van der Waals surface area contributed by atoms with Gasteiger partial charge in [-0.3, -0.25) is 0 Å². The number of benzene rings is 6. The van der Waals surface area contributed by atoms with E-state index in [1.165, 1.54) is 5.56 Å². The molecule has 1 atom stereocenters. The lowest BCUT2D eigenvalue weighted by molar-refractivity contribution is 0.0687. The van der Waals surface area contributed by atoms with E-state index in [9.17, 15) is 19.8 Å². The molecule has 216 valence electrons. The van der Waals surface area contributed by atoms with Gasteiger partial charge in [0.1, 0.15) is 0 Å². The van der Waals surface area contributed by atoms with Gasteiger partial charge in [-0.05, 0) is 83.6 Å². The van der Waals surface area contributed by atoms with E-state index in [2.05, 4.69) is 52.0 Å². The molecule has 0 saturated heterocycles.